The number of aryl methyl sites for hydroxylation is 1. The Hall–Kier alpha value is -3.03. The lowest BCUT2D eigenvalue weighted by molar-refractivity contribution is -0.117. The van der Waals surface area contributed by atoms with E-state index in [4.69, 9.17) is 27.7 Å². The van der Waals surface area contributed by atoms with Gasteiger partial charge in [-0.3, -0.25) is 4.79 Å². The predicted molar refractivity (Wildman–Crippen MR) is 121 cm³/mol. The number of urea groups is 1. The molecule has 1 atom stereocenters. The molecule has 1 saturated heterocycles. The van der Waals surface area contributed by atoms with Gasteiger partial charge in [0, 0.05) is 41.7 Å². The lowest BCUT2D eigenvalue weighted by Gasteiger charge is -2.17. The number of nitrogens with one attached hydrogen (secondary N) is 2. The predicted octanol–water partition coefficient (Wildman–Crippen LogP) is 5.13. The normalized spacial score (nSPS) is 15.9. The van der Waals surface area contributed by atoms with Crippen LogP contribution in [0.1, 0.15) is 12.2 Å². The standard InChI is InChI=1S/C22H20Cl2N4O3/c1-13-20(21(27-31-13)17-4-2-3-5-18(17)24)26-22(30)25-11-14-10-19(29)28(12-14)16-8-6-15(23)7-9-16/h2-9,14H,10-12H2,1H3,(H2,25,26,30). The summed E-state index contributed by atoms with van der Waals surface area (Å²) in [7, 11) is 0. The van der Waals surface area contributed by atoms with Crippen molar-refractivity contribution in [1.82, 2.24) is 10.5 Å². The molecule has 2 heterocycles. The van der Waals surface area contributed by atoms with Crippen molar-refractivity contribution in [2.75, 3.05) is 23.3 Å². The van der Waals surface area contributed by atoms with E-state index in [1.165, 1.54) is 0 Å². The monoisotopic (exact) mass is 458 g/mol. The van der Waals surface area contributed by atoms with E-state index in [1.807, 2.05) is 24.3 Å². The van der Waals surface area contributed by atoms with Crippen molar-refractivity contribution in [3.05, 3.63) is 64.3 Å². The summed E-state index contributed by atoms with van der Waals surface area (Å²) in [6, 6.07) is 13.9. The molecule has 1 unspecified atom stereocenters. The maximum Gasteiger partial charge on any atom is 0.319 e. The molecule has 0 spiro atoms. The third-order valence-corrected chi connectivity index (χ3v) is 5.71. The van der Waals surface area contributed by atoms with E-state index in [2.05, 4.69) is 15.8 Å². The van der Waals surface area contributed by atoms with Crippen molar-refractivity contribution < 1.29 is 14.1 Å². The number of carbonyl (C=O) groups excluding carboxylic acids is 2. The van der Waals surface area contributed by atoms with Crippen LogP contribution in [-0.2, 0) is 4.79 Å². The molecule has 1 aliphatic rings. The number of aromatic nitrogens is 1. The number of hydrogen-bond acceptors (Lipinski definition) is 4. The number of nitrogens with zero attached hydrogens (tertiary/aromatic N) is 2. The number of halogens is 2. The maximum atomic E-state index is 12.5. The Morgan fingerprint density at radius 3 is 2.68 bits per heavy atom. The smallest absolute Gasteiger partial charge is 0.319 e. The molecular formula is C22H20Cl2N4O3. The fourth-order valence-corrected chi connectivity index (χ4v) is 3.89. The number of carbonyl (C=O) groups is 2. The number of amides is 3. The third-order valence-electron chi connectivity index (χ3n) is 5.12. The first-order valence-electron chi connectivity index (χ1n) is 9.74. The fourth-order valence-electron chi connectivity index (χ4n) is 3.54. The second kappa shape index (κ2) is 8.99. The molecule has 1 fully saturated rings. The first kappa shape index (κ1) is 21.2. The number of rotatable bonds is 5. The molecule has 1 aromatic heterocycles. The Morgan fingerprint density at radius 1 is 1.19 bits per heavy atom. The van der Waals surface area contributed by atoms with E-state index < -0.39 is 6.03 Å². The lowest BCUT2D eigenvalue weighted by Crippen LogP contribution is -2.34. The molecule has 4 rings (SSSR count). The van der Waals surface area contributed by atoms with Crippen LogP contribution in [0.5, 0.6) is 0 Å². The average Bonchev–Trinajstić information content (AvgIpc) is 3.30. The van der Waals surface area contributed by atoms with Gasteiger partial charge in [-0.2, -0.15) is 0 Å². The summed E-state index contributed by atoms with van der Waals surface area (Å²) in [4.78, 5) is 26.6. The van der Waals surface area contributed by atoms with Gasteiger partial charge in [-0.05, 0) is 37.3 Å². The van der Waals surface area contributed by atoms with Crippen LogP contribution in [-0.4, -0.2) is 30.2 Å². The van der Waals surface area contributed by atoms with Crippen molar-refractivity contribution in [3.63, 3.8) is 0 Å². The van der Waals surface area contributed by atoms with Crippen LogP contribution in [0.15, 0.2) is 53.1 Å². The minimum absolute atomic E-state index is 0.000498. The molecule has 2 aromatic carbocycles. The van der Waals surface area contributed by atoms with Crippen LogP contribution in [0.2, 0.25) is 10.0 Å². The van der Waals surface area contributed by atoms with E-state index in [-0.39, 0.29) is 11.8 Å². The zero-order valence-corrected chi connectivity index (χ0v) is 18.2. The Balaban J connectivity index is 1.38. The van der Waals surface area contributed by atoms with Crippen LogP contribution in [0.3, 0.4) is 0 Å². The summed E-state index contributed by atoms with van der Waals surface area (Å²) in [6.45, 7) is 2.59. The number of anilines is 2. The summed E-state index contributed by atoms with van der Waals surface area (Å²) in [6.07, 6.45) is 0.361. The maximum absolute atomic E-state index is 12.5. The van der Waals surface area contributed by atoms with Gasteiger partial charge in [0.1, 0.15) is 11.4 Å². The fraction of sp³-hybridized carbons (Fsp3) is 0.227. The Bertz CT molecular complexity index is 1110. The second-order valence-corrected chi connectivity index (χ2v) is 8.17. The topological polar surface area (TPSA) is 87.5 Å². The van der Waals surface area contributed by atoms with Crippen LogP contribution in [0.4, 0.5) is 16.2 Å². The molecule has 160 valence electrons. The van der Waals surface area contributed by atoms with Gasteiger partial charge in [0.25, 0.3) is 0 Å². The highest BCUT2D eigenvalue weighted by molar-refractivity contribution is 6.33. The molecule has 3 amide bonds. The van der Waals surface area contributed by atoms with Crippen molar-refractivity contribution >= 4 is 46.5 Å². The zero-order valence-electron chi connectivity index (χ0n) is 16.7. The van der Waals surface area contributed by atoms with Crippen molar-refractivity contribution in [2.45, 2.75) is 13.3 Å². The van der Waals surface area contributed by atoms with E-state index in [1.54, 1.807) is 36.1 Å². The molecule has 0 bridgehead atoms. The van der Waals surface area contributed by atoms with Crippen LogP contribution in [0.25, 0.3) is 11.3 Å². The van der Waals surface area contributed by atoms with E-state index in [9.17, 15) is 9.59 Å². The Kier molecular flexibility index (Phi) is 6.15. The molecule has 7 nitrogen and oxygen atoms in total. The Labute approximate surface area is 189 Å². The van der Waals surface area contributed by atoms with Gasteiger partial charge in [0.15, 0.2) is 5.76 Å². The molecule has 2 N–H and O–H groups in total. The largest absolute Gasteiger partial charge is 0.359 e. The van der Waals surface area contributed by atoms with Gasteiger partial charge in [-0.1, -0.05) is 46.6 Å². The van der Waals surface area contributed by atoms with Gasteiger partial charge in [-0.15, -0.1) is 0 Å². The SMILES string of the molecule is Cc1onc(-c2ccccc2Cl)c1NC(=O)NCC1CC(=O)N(c2ccc(Cl)cc2)C1. The minimum Gasteiger partial charge on any atom is -0.359 e. The molecule has 0 aliphatic carbocycles. The highest BCUT2D eigenvalue weighted by Gasteiger charge is 2.31. The highest BCUT2D eigenvalue weighted by Crippen LogP contribution is 2.34. The van der Waals surface area contributed by atoms with Crippen LogP contribution in [0, 0.1) is 12.8 Å². The van der Waals surface area contributed by atoms with Gasteiger partial charge in [-0.25, -0.2) is 4.79 Å². The molecule has 9 heteroatoms. The van der Waals surface area contributed by atoms with Gasteiger partial charge in [0.05, 0.1) is 5.02 Å². The molecule has 31 heavy (non-hydrogen) atoms. The van der Waals surface area contributed by atoms with E-state index in [0.29, 0.717) is 52.3 Å². The summed E-state index contributed by atoms with van der Waals surface area (Å²) < 4.78 is 5.26. The lowest BCUT2D eigenvalue weighted by atomic mass is 10.1. The molecule has 0 radical (unpaired) electrons. The van der Waals surface area contributed by atoms with Crippen molar-refractivity contribution in [1.29, 1.82) is 0 Å². The second-order valence-electron chi connectivity index (χ2n) is 7.33. The summed E-state index contributed by atoms with van der Waals surface area (Å²) in [5.74, 6) is 0.487. The minimum atomic E-state index is -0.406. The van der Waals surface area contributed by atoms with E-state index >= 15 is 0 Å². The average molecular weight is 459 g/mol. The molecule has 0 saturated carbocycles. The van der Waals surface area contributed by atoms with Gasteiger partial charge >= 0.3 is 6.03 Å². The Morgan fingerprint density at radius 2 is 1.94 bits per heavy atom. The summed E-state index contributed by atoms with van der Waals surface area (Å²) in [5.41, 5.74) is 2.38. The van der Waals surface area contributed by atoms with Gasteiger partial charge < -0.3 is 20.1 Å². The molecule has 1 aliphatic heterocycles. The summed E-state index contributed by atoms with van der Waals surface area (Å²) >= 11 is 12.2. The number of hydrogen-bond donors (Lipinski definition) is 2. The molecule has 3 aromatic rings. The quantitative estimate of drug-likeness (QED) is 0.554. The summed E-state index contributed by atoms with van der Waals surface area (Å²) in [5, 5.41) is 10.8. The highest BCUT2D eigenvalue weighted by atomic mass is 35.5. The third kappa shape index (κ3) is 4.68. The van der Waals surface area contributed by atoms with Crippen molar-refractivity contribution in [2.24, 2.45) is 5.92 Å². The zero-order chi connectivity index (χ0) is 22.0. The first-order chi connectivity index (χ1) is 14.9. The van der Waals surface area contributed by atoms with Crippen LogP contribution < -0.4 is 15.5 Å². The first-order valence-corrected chi connectivity index (χ1v) is 10.5. The van der Waals surface area contributed by atoms with Gasteiger partial charge in [0.2, 0.25) is 5.91 Å². The van der Waals surface area contributed by atoms with Crippen molar-refractivity contribution in [3.8, 4) is 11.3 Å². The number of benzene rings is 2. The van der Waals surface area contributed by atoms with E-state index in [0.717, 1.165) is 5.69 Å². The molecular weight excluding hydrogens is 439 g/mol. The van der Waals surface area contributed by atoms with Crippen LogP contribution >= 0.6 is 23.2 Å².